The second-order valence-electron chi connectivity index (χ2n) is 4.96. The molecule has 0 saturated carbocycles. The van der Waals surface area contributed by atoms with E-state index in [1.54, 1.807) is 0 Å². The van der Waals surface area contributed by atoms with E-state index < -0.39 is 0 Å². The summed E-state index contributed by atoms with van der Waals surface area (Å²) in [6.45, 7) is 2.09. The van der Waals surface area contributed by atoms with Crippen LogP contribution in [0.4, 0.5) is 5.69 Å². The Morgan fingerprint density at radius 1 is 1.42 bits per heavy atom. The first-order chi connectivity index (χ1) is 9.28. The minimum Gasteiger partial charge on any atom is -0.369 e. The fraction of sp³-hybridized carbons (Fsp3) is 0.429. The Kier molecular flexibility index (Phi) is 3.89. The van der Waals surface area contributed by atoms with E-state index in [0.29, 0.717) is 5.92 Å². The van der Waals surface area contributed by atoms with Gasteiger partial charge in [0.15, 0.2) is 0 Å². The number of halogens is 2. The van der Waals surface area contributed by atoms with E-state index in [4.69, 9.17) is 11.6 Å². The smallest absolute Gasteiger partial charge is 0.112 e. The molecule has 1 aliphatic rings. The third-order valence-corrected chi connectivity index (χ3v) is 4.47. The predicted octanol–water partition coefficient (Wildman–Crippen LogP) is 3.85. The van der Waals surface area contributed by atoms with Crippen LogP contribution in [0, 0.1) is 5.92 Å². The molecule has 0 bridgehead atoms. The molecule has 0 amide bonds. The van der Waals surface area contributed by atoms with Crippen LogP contribution < -0.4 is 4.90 Å². The van der Waals surface area contributed by atoms with Gasteiger partial charge in [-0.05, 0) is 46.8 Å². The van der Waals surface area contributed by atoms with Crippen LogP contribution in [0.2, 0.25) is 0 Å². The van der Waals surface area contributed by atoms with E-state index in [1.165, 1.54) is 18.5 Å². The molecule has 19 heavy (non-hydrogen) atoms. The molecule has 1 unspecified atom stereocenters. The van der Waals surface area contributed by atoms with Crippen molar-refractivity contribution in [2.45, 2.75) is 12.8 Å². The molecule has 0 aliphatic carbocycles. The molecule has 1 aliphatic heterocycles. The highest BCUT2D eigenvalue weighted by Crippen LogP contribution is 2.29. The van der Waals surface area contributed by atoms with Gasteiger partial charge in [-0.2, -0.15) is 0 Å². The average molecular weight is 341 g/mol. The van der Waals surface area contributed by atoms with Gasteiger partial charge in [0.05, 0.1) is 11.2 Å². The van der Waals surface area contributed by atoms with Crippen molar-refractivity contribution in [3.05, 3.63) is 29.0 Å². The van der Waals surface area contributed by atoms with Crippen LogP contribution in [0.3, 0.4) is 0 Å². The molecule has 0 spiro atoms. The minimum atomic E-state index is 0.578. The van der Waals surface area contributed by atoms with Crippen molar-refractivity contribution < 1.29 is 0 Å². The number of hydrogen-bond acceptors (Lipinski definition) is 3. The lowest BCUT2D eigenvalue weighted by molar-refractivity contribution is 0.451. The maximum absolute atomic E-state index is 6.01. The standard InChI is InChI=1S/C14H15BrClN3/c15-11-6-12-14(18-8-11)13(3-4-17-12)19-5-1-2-10(7-16)9-19/h3-4,6,8,10H,1-2,5,7,9H2. The van der Waals surface area contributed by atoms with Crippen LogP contribution in [0.1, 0.15) is 12.8 Å². The Morgan fingerprint density at radius 2 is 2.32 bits per heavy atom. The summed E-state index contributed by atoms with van der Waals surface area (Å²) < 4.78 is 0.960. The van der Waals surface area contributed by atoms with Gasteiger partial charge < -0.3 is 4.90 Å². The van der Waals surface area contributed by atoms with Crippen LogP contribution in [0.25, 0.3) is 11.0 Å². The number of aromatic nitrogens is 2. The third kappa shape index (κ3) is 2.70. The molecule has 1 atom stereocenters. The molecular weight excluding hydrogens is 326 g/mol. The molecule has 0 N–H and O–H groups in total. The Bertz CT molecular complexity index is 590. The Labute approximate surface area is 126 Å². The highest BCUT2D eigenvalue weighted by Gasteiger charge is 2.21. The summed E-state index contributed by atoms with van der Waals surface area (Å²) in [5, 5.41) is 0. The quantitative estimate of drug-likeness (QED) is 0.778. The number of alkyl halides is 1. The number of nitrogens with zero attached hydrogens (tertiary/aromatic N) is 3. The van der Waals surface area contributed by atoms with Gasteiger partial charge in [0, 0.05) is 35.8 Å². The fourth-order valence-corrected chi connectivity index (χ4v) is 3.23. The zero-order valence-electron chi connectivity index (χ0n) is 10.5. The van der Waals surface area contributed by atoms with Gasteiger partial charge >= 0.3 is 0 Å². The second-order valence-corrected chi connectivity index (χ2v) is 6.18. The zero-order valence-corrected chi connectivity index (χ0v) is 12.9. The van der Waals surface area contributed by atoms with E-state index >= 15 is 0 Å². The lowest BCUT2D eigenvalue weighted by Gasteiger charge is -2.33. The normalized spacial score (nSPS) is 19.9. The average Bonchev–Trinajstić information content (AvgIpc) is 2.46. The number of rotatable bonds is 2. The van der Waals surface area contributed by atoms with Crippen molar-refractivity contribution >= 4 is 44.3 Å². The van der Waals surface area contributed by atoms with Crippen molar-refractivity contribution in [3.8, 4) is 0 Å². The van der Waals surface area contributed by atoms with Gasteiger partial charge in [0.2, 0.25) is 0 Å². The van der Waals surface area contributed by atoms with Crippen LogP contribution in [-0.4, -0.2) is 28.9 Å². The lowest BCUT2D eigenvalue weighted by Crippen LogP contribution is -2.36. The van der Waals surface area contributed by atoms with Gasteiger partial charge in [-0.3, -0.25) is 9.97 Å². The summed E-state index contributed by atoms with van der Waals surface area (Å²) in [4.78, 5) is 11.3. The molecular formula is C14H15BrClN3. The van der Waals surface area contributed by atoms with Crippen molar-refractivity contribution in [1.29, 1.82) is 0 Å². The van der Waals surface area contributed by atoms with Gasteiger partial charge in [-0.15, -0.1) is 11.6 Å². The zero-order chi connectivity index (χ0) is 13.2. The maximum atomic E-state index is 6.01. The van der Waals surface area contributed by atoms with Gasteiger partial charge in [0.1, 0.15) is 5.52 Å². The molecule has 1 saturated heterocycles. The van der Waals surface area contributed by atoms with E-state index in [-0.39, 0.29) is 0 Å². The van der Waals surface area contributed by atoms with E-state index in [0.717, 1.165) is 34.5 Å². The monoisotopic (exact) mass is 339 g/mol. The van der Waals surface area contributed by atoms with E-state index in [9.17, 15) is 0 Å². The van der Waals surface area contributed by atoms with Crippen molar-refractivity contribution in [2.24, 2.45) is 5.92 Å². The largest absolute Gasteiger partial charge is 0.369 e. The van der Waals surface area contributed by atoms with Crippen LogP contribution >= 0.6 is 27.5 Å². The molecule has 0 aromatic carbocycles. The van der Waals surface area contributed by atoms with Crippen LogP contribution in [-0.2, 0) is 0 Å². The van der Waals surface area contributed by atoms with Crippen molar-refractivity contribution in [2.75, 3.05) is 23.9 Å². The molecule has 3 heterocycles. The summed E-state index contributed by atoms with van der Waals surface area (Å²) >= 11 is 9.45. The first-order valence-corrected chi connectivity index (χ1v) is 7.82. The number of piperidine rings is 1. The highest BCUT2D eigenvalue weighted by atomic mass is 79.9. The number of pyridine rings is 2. The topological polar surface area (TPSA) is 29.0 Å². The Balaban J connectivity index is 2.00. The lowest BCUT2D eigenvalue weighted by atomic mass is 9.99. The summed E-state index contributed by atoms with van der Waals surface area (Å²) in [5.74, 6) is 1.31. The highest BCUT2D eigenvalue weighted by molar-refractivity contribution is 9.10. The van der Waals surface area contributed by atoms with Crippen molar-refractivity contribution in [3.63, 3.8) is 0 Å². The summed E-state index contributed by atoms with van der Waals surface area (Å²) in [7, 11) is 0. The maximum Gasteiger partial charge on any atom is 0.112 e. The predicted molar refractivity (Wildman–Crippen MR) is 82.9 cm³/mol. The molecule has 1 fully saturated rings. The van der Waals surface area contributed by atoms with E-state index in [1.807, 2.05) is 18.5 Å². The Morgan fingerprint density at radius 3 is 3.16 bits per heavy atom. The number of hydrogen-bond donors (Lipinski definition) is 0. The first kappa shape index (κ1) is 13.1. The Hall–Kier alpha value is -0.870. The number of fused-ring (bicyclic) bond motifs is 1. The molecule has 3 nitrogen and oxygen atoms in total. The molecule has 100 valence electrons. The molecule has 0 radical (unpaired) electrons. The second kappa shape index (κ2) is 5.63. The molecule has 2 aromatic rings. The van der Waals surface area contributed by atoms with Crippen molar-refractivity contribution in [1.82, 2.24) is 9.97 Å². The SMILES string of the molecule is ClCC1CCCN(c2ccnc3cc(Br)cnc23)C1. The summed E-state index contributed by atoms with van der Waals surface area (Å²) in [6.07, 6.45) is 6.10. The molecule has 5 heteroatoms. The minimum absolute atomic E-state index is 0.578. The van der Waals surface area contributed by atoms with Gasteiger partial charge in [-0.1, -0.05) is 0 Å². The third-order valence-electron chi connectivity index (χ3n) is 3.60. The summed E-state index contributed by atoms with van der Waals surface area (Å²) in [6, 6.07) is 4.06. The van der Waals surface area contributed by atoms with Crippen LogP contribution in [0.5, 0.6) is 0 Å². The number of anilines is 1. The molecule has 2 aromatic heterocycles. The van der Waals surface area contributed by atoms with E-state index in [2.05, 4.69) is 36.9 Å². The first-order valence-electron chi connectivity index (χ1n) is 6.49. The fourth-order valence-electron chi connectivity index (χ4n) is 2.66. The van der Waals surface area contributed by atoms with Gasteiger partial charge in [0.25, 0.3) is 0 Å². The van der Waals surface area contributed by atoms with Crippen LogP contribution in [0.15, 0.2) is 29.0 Å². The molecule has 3 rings (SSSR count). The van der Waals surface area contributed by atoms with Gasteiger partial charge in [-0.25, -0.2) is 0 Å². The summed E-state index contributed by atoms with van der Waals surface area (Å²) in [5.41, 5.74) is 3.08.